The van der Waals surface area contributed by atoms with Gasteiger partial charge in [0.25, 0.3) is 5.91 Å². The lowest BCUT2D eigenvalue weighted by molar-refractivity contribution is -0.117. The number of esters is 1. The number of carbonyl (C=O) groups excluding carboxylic acids is 2. The molecule has 1 amide bonds. The van der Waals surface area contributed by atoms with Gasteiger partial charge in [0, 0.05) is 22.3 Å². The Balaban J connectivity index is 2.07. The summed E-state index contributed by atoms with van der Waals surface area (Å²) < 4.78 is 6.96. The van der Waals surface area contributed by atoms with E-state index in [0.717, 1.165) is 45.2 Å². The van der Waals surface area contributed by atoms with Gasteiger partial charge < -0.3 is 14.6 Å². The fourth-order valence-corrected chi connectivity index (χ4v) is 4.41. The van der Waals surface area contributed by atoms with Gasteiger partial charge in [-0.3, -0.25) is 4.79 Å². The van der Waals surface area contributed by atoms with E-state index in [2.05, 4.69) is 5.32 Å². The highest BCUT2D eigenvalue weighted by atomic mass is 32.1. The van der Waals surface area contributed by atoms with Crippen LogP contribution in [0.25, 0.3) is 11.1 Å². The quantitative estimate of drug-likeness (QED) is 0.473. The molecule has 2 aromatic rings. The van der Waals surface area contributed by atoms with Gasteiger partial charge in [-0.05, 0) is 63.8 Å². The summed E-state index contributed by atoms with van der Waals surface area (Å²) in [6, 6.07) is 4.11. The molecule has 7 heteroatoms. The van der Waals surface area contributed by atoms with Crippen LogP contribution < -0.4 is 5.32 Å². The van der Waals surface area contributed by atoms with Crippen molar-refractivity contribution in [2.75, 3.05) is 7.11 Å². The van der Waals surface area contributed by atoms with Gasteiger partial charge in [0.05, 0.1) is 12.7 Å². The second-order valence-electron chi connectivity index (χ2n) is 7.03. The number of amides is 1. The van der Waals surface area contributed by atoms with E-state index in [1.807, 2.05) is 44.4 Å². The van der Waals surface area contributed by atoms with E-state index in [-0.39, 0.29) is 23.5 Å². The average molecular weight is 398 g/mol. The monoisotopic (exact) mass is 397 g/mol. The predicted octanol–water partition coefficient (Wildman–Crippen LogP) is 3.74. The van der Waals surface area contributed by atoms with Crippen molar-refractivity contribution in [3.05, 3.63) is 44.6 Å². The highest BCUT2D eigenvalue weighted by Crippen LogP contribution is 2.35. The largest absolute Gasteiger partial charge is 0.465 e. The van der Waals surface area contributed by atoms with E-state index in [1.165, 1.54) is 18.4 Å². The van der Waals surface area contributed by atoms with Gasteiger partial charge in [-0.1, -0.05) is 0 Å². The Bertz CT molecular complexity index is 1030. The van der Waals surface area contributed by atoms with Gasteiger partial charge >= 0.3 is 5.97 Å². The zero-order valence-electron chi connectivity index (χ0n) is 16.7. The van der Waals surface area contributed by atoms with Crippen LogP contribution >= 0.6 is 11.3 Å². The van der Waals surface area contributed by atoms with Crippen molar-refractivity contribution in [2.45, 2.75) is 46.6 Å². The molecule has 1 N–H and O–H groups in total. The molecule has 0 atom stereocenters. The number of hydrogen-bond donors (Lipinski definition) is 1. The number of aryl methyl sites for hydroxylation is 2. The molecule has 2 aromatic heterocycles. The van der Waals surface area contributed by atoms with Crippen LogP contribution in [0.15, 0.2) is 11.6 Å². The third kappa shape index (κ3) is 3.60. The van der Waals surface area contributed by atoms with Crippen molar-refractivity contribution in [2.24, 2.45) is 0 Å². The molecule has 6 nitrogen and oxygen atoms in total. The number of hydrogen-bond acceptors (Lipinski definition) is 5. The number of methoxy groups -OCH3 is 1. The molecule has 0 aromatic carbocycles. The Morgan fingerprint density at radius 2 is 2.00 bits per heavy atom. The maximum absolute atomic E-state index is 12.4. The summed E-state index contributed by atoms with van der Waals surface area (Å²) >= 11 is 1.52. The Kier molecular flexibility index (Phi) is 5.43. The smallest absolute Gasteiger partial charge is 0.341 e. The molecule has 0 aliphatic heterocycles. The lowest BCUT2D eigenvalue weighted by Gasteiger charge is -2.10. The third-order valence-electron chi connectivity index (χ3n) is 5.01. The minimum absolute atomic E-state index is 0.0823. The third-order valence-corrected chi connectivity index (χ3v) is 6.20. The van der Waals surface area contributed by atoms with Crippen molar-refractivity contribution in [1.82, 2.24) is 9.88 Å². The van der Waals surface area contributed by atoms with Gasteiger partial charge in [0.2, 0.25) is 0 Å². The lowest BCUT2D eigenvalue weighted by atomic mass is 10.1. The first-order valence-corrected chi connectivity index (χ1v) is 9.90. The molecule has 1 fully saturated rings. The maximum atomic E-state index is 12.4. The summed E-state index contributed by atoms with van der Waals surface area (Å²) in [5, 5.41) is 13.1. The summed E-state index contributed by atoms with van der Waals surface area (Å²) in [7, 11) is 1.37. The van der Waals surface area contributed by atoms with E-state index < -0.39 is 0 Å². The summed E-state index contributed by atoms with van der Waals surface area (Å²) in [5.41, 5.74) is 4.08. The van der Waals surface area contributed by atoms with E-state index in [9.17, 15) is 14.9 Å². The fourth-order valence-electron chi connectivity index (χ4n) is 3.15. The molecule has 2 heterocycles. The van der Waals surface area contributed by atoms with Gasteiger partial charge in [-0.25, -0.2) is 4.79 Å². The number of carbonyl (C=O) groups is 2. The zero-order chi connectivity index (χ0) is 20.6. The SMILES string of the molecule is COC(=O)c1c(-n2c(C)cc(/C=C(\C#N)C(=O)NC3CC3)c2C)sc(C)c1C. The Labute approximate surface area is 168 Å². The minimum Gasteiger partial charge on any atom is -0.465 e. The molecule has 0 saturated heterocycles. The number of rotatable bonds is 5. The second kappa shape index (κ2) is 7.64. The number of nitrogens with one attached hydrogen (secondary N) is 1. The van der Waals surface area contributed by atoms with Gasteiger partial charge in [0.15, 0.2) is 0 Å². The van der Waals surface area contributed by atoms with Crippen LogP contribution in [0.2, 0.25) is 0 Å². The van der Waals surface area contributed by atoms with E-state index in [4.69, 9.17) is 4.74 Å². The summed E-state index contributed by atoms with van der Waals surface area (Å²) in [6.45, 7) is 7.73. The van der Waals surface area contributed by atoms with Crippen molar-refractivity contribution < 1.29 is 14.3 Å². The van der Waals surface area contributed by atoms with E-state index >= 15 is 0 Å². The number of thiophene rings is 1. The van der Waals surface area contributed by atoms with Crippen LogP contribution in [0, 0.1) is 39.0 Å². The molecule has 28 heavy (non-hydrogen) atoms. The lowest BCUT2D eigenvalue weighted by Crippen LogP contribution is -2.26. The second-order valence-corrected chi connectivity index (χ2v) is 8.24. The summed E-state index contributed by atoms with van der Waals surface area (Å²) in [6.07, 6.45) is 3.54. The highest BCUT2D eigenvalue weighted by Gasteiger charge is 2.26. The number of nitrogens with zero attached hydrogens (tertiary/aromatic N) is 2. The molecular formula is C21H23N3O3S. The molecular weight excluding hydrogens is 374 g/mol. The number of nitriles is 1. The number of ether oxygens (including phenoxy) is 1. The molecule has 0 spiro atoms. The Hall–Kier alpha value is -2.85. The van der Waals surface area contributed by atoms with Crippen LogP contribution in [-0.2, 0) is 9.53 Å². The summed E-state index contributed by atoms with van der Waals surface area (Å²) in [4.78, 5) is 25.7. The molecule has 1 aliphatic carbocycles. The van der Waals surface area contributed by atoms with Gasteiger partial charge in [0.1, 0.15) is 16.6 Å². The molecule has 1 saturated carbocycles. The molecule has 1 aliphatic rings. The van der Waals surface area contributed by atoms with Crippen molar-refractivity contribution in [1.29, 1.82) is 5.26 Å². The Morgan fingerprint density at radius 3 is 2.57 bits per heavy atom. The van der Waals surface area contributed by atoms with E-state index in [0.29, 0.717) is 5.56 Å². The molecule has 0 unspecified atom stereocenters. The van der Waals surface area contributed by atoms with Crippen molar-refractivity contribution in [3.63, 3.8) is 0 Å². The molecule has 3 rings (SSSR count). The van der Waals surface area contributed by atoms with Crippen LogP contribution in [0.5, 0.6) is 0 Å². The van der Waals surface area contributed by atoms with Gasteiger partial charge in [-0.15, -0.1) is 11.3 Å². The van der Waals surface area contributed by atoms with Crippen LogP contribution in [0.3, 0.4) is 0 Å². The van der Waals surface area contributed by atoms with Crippen LogP contribution in [-0.4, -0.2) is 29.6 Å². The molecule has 146 valence electrons. The highest BCUT2D eigenvalue weighted by molar-refractivity contribution is 7.15. The first kappa shape index (κ1) is 19.9. The van der Waals surface area contributed by atoms with Crippen LogP contribution in [0.4, 0.5) is 0 Å². The number of aromatic nitrogens is 1. The van der Waals surface area contributed by atoms with Crippen LogP contribution in [0.1, 0.15) is 50.6 Å². The summed E-state index contributed by atoms with van der Waals surface area (Å²) in [5.74, 6) is -0.712. The standard InChI is InChI=1S/C21H23N3O3S/c1-11-8-15(9-16(10-22)19(25)23-17-6-7-17)13(3)24(11)20-18(21(26)27-5)12(2)14(4)28-20/h8-9,17H,6-7H2,1-5H3,(H,23,25)/b16-9+. The van der Waals surface area contributed by atoms with E-state index in [1.54, 1.807) is 6.08 Å². The minimum atomic E-state index is -0.372. The predicted molar refractivity (Wildman–Crippen MR) is 109 cm³/mol. The van der Waals surface area contributed by atoms with Gasteiger partial charge in [-0.2, -0.15) is 5.26 Å². The fraction of sp³-hybridized carbons (Fsp3) is 0.381. The topological polar surface area (TPSA) is 84.1 Å². The first-order chi connectivity index (χ1) is 13.3. The molecule has 0 radical (unpaired) electrons. The molecule has 0 bridgehead atoms. The first-order valence-electron chi connectivity index (χ1n) is 9.08. The van der Waals surface area contributed by atoms with Crippen molar-refractivity contribution in [3.8, 4) is 11.1 Å². The average Bonchev–Trinajstić information content (AvgIpc) is 3.36. The zero-order valence-corrected chi connectivity index (χ0v) is 17.5. The maximum Gasteiger partial charge on any atom is 0.341 e. The van der Waals surface area contributed by atoms with Crippen molar-refractivity contribution >= 4 is 29.3 Å². The normalized spacial score (nSPS) is 13.9. The Morgan fingerprint density at radius 1 is 1.32 bits per heavy atom.